The lowest BCUT2D eigenvalue weighted by atomic mass is 10.1. The van der Waals surface area contributed by atoms with E-state index in [1.54, 1.807) is 0 Å². The zero-order valence-electron chi connectivity index (χ0n) is 24.7. The zero-order chi connectivity index (χ0) is 32.0. The Morgan fingerprint density at radius 1 is 1.11 bits per heavy atom. The van der Waals surface area contributed by atoms with Gasteiger partial charge in [-0.1, -0.05) is 25.2 Å². The van der Waals surface area contributed by atoms with Crippen molar-refractivity contribution in [1.82, 2.24) is 24.8 Å². The predicted molar refractivity (Wildman–Crippen MR) is 159 cm³/mol. The first-order valence-corrected chi connectivity index (χ1v) is 15.1. The highest BCUT2D eigenvalue weighted by Crippen LogP contribution is 2.37. The van der Waals surface area contributed by atoms with E-state index in [9.17, 15) is 27.2 Å². The highest BCUT2D eigenvalue weighted by Gasteiger charge is 2.32. The molecule has 1 atom stereocenters. The third-order valence-electron chi connectivity index (χ3n) is 7.59. The van der Waals surface area contributed by atoms with Crippen LogP contribution in [0.5, 0.6) is 0 Å². The molecule has 10 nitrogen and oxygen atoms in total. The Bertz CT molecular complexity index is 1440. The van der Waals surface area contributed by atoms with Gasteiger partial charge in [-0.2, -0.15) is 13.2 Å². The summed E-state index contributed by atoms with van der Waals surface area (Å²) in [5, 5.41) is 11.7. The Morgan fingerprint density at radius 3 is 2.43 bits per heavy atom. The maximum Gasteiger partial charge on any atom is 0.416 e. The molecule has 0 radical (unpaired) electrons. The molecular weight excluding hydrogens is 602 g/mol. The summed E-state index contributed by atoms with van der Waals surface area (Å²) < 4.78 is 54.8. The molecule has 1 aliphatic rings. The predicted octanol–water partition coefficient (Wildman–Crippen LogP) is 5.23. The molecule has 0 saturated carbocycles. The normalized spacial score (nSPS) is 15.0. The van der Waals surface area contributed by atoms with Gasteiger partial charge in [-0.05, 0) is 38.1 Å². The number of halogens is 4. The summed E-state index contributed by atoms with van der Waals surface area (Å²) in [6, 6.07) is 2.49. The Balaban J connectivity index is 1.52. The number of anilines is 2. The minimum atomic E-state index is -4.74. The van der Waals surface area contributed by atoms with Crippen molar-refractivity contribution in [1.29, 1.82) is 0 Å². The molecule has 1 unspecified atom stereocenters. The number of benzene rings is 1. The number of carboxylic acid groups (broad SMARTS) is 1. The van der Waals surface area contributed by atoms with Gasteiger partial charge in [0.25, 0.3) is 5.91 Å². The first-order valence-electron chi connectivity index (χ1n) is 14.3. The van der Waals surface area contributed by atoms with Gasteiger partial charge >= 0.3 is 12.1 Å². The van der Waals surface area contributed by atoms with Crippen LogP contribution in [0.25, 0.3) is 11.3 Å². The molecule has 0 spiro atoms. The fourth-order valence-electron chi connectivity index (χ4n) is 4.87. The quantitative estimate of drug-likeness (QED) is 0.258. The van der Waals surface area contributed by atoms with Crippen molar-refractivity contribution in [3.8, 4) is 11.3 Å². The number of carbonyl (C=O) groups excluding carboxylic acids is 1. The summed E-state index contributed by atoms with van der Waals surface area (Å²) in [5.74, 6) is -1.89. The van der Waals surface area contributed by atoms with Gasteiger partial charge in [0.15, 0.2) is 5.13 Å². The third kappa shape index (κ3) is 8.48. The molecular formula is C29H35F4N7O3S. The standard InChI is InChI=1S/C29H35F4N7O3S/c1-4-18(3)39(5-2)17-23-26(19-12-20(29(31,32)33)14-21(30)13-19)36-28(44-23)37-27(43)22-15-35-24(16-34-22)40-10-8-38(9-11-40)7-6-25(41)42/h12-16,18H,4-11,17H2,1-3H3,(H,41,42)(H,36,37,43). The number of carbonyl (C=O) groups is 2. The molecule has 4 rings (SSSR count). The number of aromatic nitrogens is 3. The van der Waals surface area contributed by atoms with Crippen LogP contribution in [0.15, 0.2) is 30.6 Å². The summed E-state index contributed by atoms with van der Waals surface area (Å²) >= 11 is 1.11. The average Bonchev–Trinajstić information content (AvgIpc) is 3.40. The Morgan fingerprint density at radius 2 is 1.84 bits per heavy atom. The van der Waals surface area contributed by atoms with Crippen molar-refractivity contribution >= 4 is 34.2 Å². The number of aliphatic carboxylic acids is 1. The van der Waals surface area contributed by atoms with Gasteiger partial charge in [0.1, 0.15) is 17.3 Å². The maximum atomic E-state index is 14.3. The molecule has 2 aromatic heterocycles. The molecule has 44 heavy (non-hydrogen) atoms. The van der Waals surface area contributed by atoms with Crippen molar-refractivity contribution in [2.24, 2.45) is 0 Å². The van der Waals surface area contributed by atoms with Crippen LogP contribution >= 0.6 is 11.3 Å². The van der Waals surface area contributed by atoms with E-state index in [1.165, 1.54) is 12.4 Å². The van der Waals surface area contributed by atoms with Gasteiger partial charge in [-0.3, -0.25) is 24.7 Å². The second-order valence-electron chi connectivity index (χ2n) is 10.5. The van der Waals surface area contributed by atoms with Gasteiger partial charge in [0, 0.05) is 55.8 Å². The largest absolute Gasteiger partial charge is 0.481 e. The molecule has 3 aromatic rings. The zero-order valence-corrected chi connectivity index (χ0v) is 25.5. The van der Waals surface area contributed by atoms with Crippen molar-refractivity contribution in [2.45, 2.75) is 52.4 Å². The second-order valence-corrected chi connectivity index (χ2v) is 11.6. The number of amides is 1. The first kappa shape index (κ1) is 33.2. The van der Waals surface area contributed by atoms with Gasteiger partial charge in [-0.15, -0.1) is 0 Å². The van der Waals surface area contributed by atoms with Crippen LogP contribution in [0.3, 0.4) is 0 Å². The number of nitrogens with one attached hydrogen (secondary N) is 1. The summed E-state index contributed by atoms with van der Waals surface area (Å²) in [4.78, 5) is 43.7. The highest BCUT2D eigenvalue weighted by atomic mass is 32.1. The fourth-order valence-corrected chi connectivity index (χ4v) is 5.87. The molecule has 238 valence electrons. The van der Waals surface area contributed by atoms with Crippen molar-refractivity contribution in [3.63, 3.8) is 0 Å². The van der Waals surface area contributed by atoms with E-state index in [0.29, 0.717) is 62.6 Å². The molecule has 1 amide bonds. The van der Waals surface area contributed by atoms with Crippen LogP contribution in [0.4, 0.5) is 28.5 Å². The number of nitrogens with zero attached hydrogens (tertiary/aromatic N) is 6. The van der Waals surface area contributed by atoms with E-state index in [-0.39, 0.29) is 34.5 Å². The summed E-state index contributed by atoms with van der Waals surface area (Å²) in [5.41, 5.74) is -0.965. The minimum absolute atomic E-state index is 0.0204. The molecule has 2 N–H and O–H groups in total. The number of hydrogen-bond donors (Lipinski definition) is 2. The molecule has 0 bridgehead atoms. The lowest BCUT2D eigenvalue weighted by Crippen LogP contribution is -2.47. The van der Waals surface area contributed by atoms with Gasteiger partial charge < -0.3 is 10.0 Å². The van der Waals surface area contributed by atoms with Crippen LogP contribution in [-0.4, -0.2) is 87.0 Å². The van der Waals surface area contributed by atoms with Gasteiger partial charge in [0.05, 0.1) is 30.1 Å². The topological polar surface area (TPSA) is 115 Å². The van der Waals surface area contributed by atoms with Gasteiger partial charge in [-0.25, -0.2) is 19.3 Å². The summed E-state index contributed by atoms with van der Waals surface area (Å²) in [6.07, 6.45) is -0.997. The molecule has 3 heterocycles. The molecule has 1 fully saturated rings. The Kier molecular flexibility index (Phi) is 10.9. The Labute approximate surface area is 256 Å². The number of carboxylic acids is 1. The molecule has 15 heteroatoms. The van der Waals surface area contributed by atoms with Crippen LogP contribution < -0.4 is 10.2 Å². The molecule has 1 aromatic carbocycles. The van der Waals surface area contributed by atoms with E-state index in [0.717, 1.165) is 29.9 Å². The molecule has 0 aliphatic carbocycles. The van der Waals surface area contributed by atoms with Crippen LogP contribution in [0, 0.1) is 5.82 Å². The average molecular weight is 638 g/mol. The minimum Gasteiger partial charge on any atom is -0.481 e. The fraction of sp³-hybridized carbons (Fsp3) is 0.483. The van der Waals surface area contributed by atoms with Crippen LogP contribution in [0.2, 0.25) is 0 Å². The van der Waals surface area contributed by atoms with Gasteiger partial charge in [0.2, 0.25) is 0 Å². The van der Waals surface area contributed by atoms with Crippen LogP contribution in [-0.2, 0) is 17.5 Å². The maximum absolute atomic E-state index is 14.3. The number of alkyl halides is 3. The third-order valence-corrected chi connectivity index (χ3v) is 8.55. The van der Waals surface area contributed by atoms with Crippen LogP contribution in [0.1, 0.15) is 54.5 Å². The monoisotopic (exact) mass is 637 g/mol. The number of piperazine rings is 1. The van der Waals surface area contributed by atoms with E-state index < -0.39 is 29.4 Å². The lowest BCUT2D eigenvalue weighted by molar-refractivity contribution is -0.138. The number of hydrogen-bond acceptors (Lipinski definition) is 9. The van der Waals surface area contributed by atoms with E-state index >= 15 is 0 Å². The molecule has 1 aliphatic heterocycles. The van der Waals surface area contributed by atoms with Crippen molar-refractivity contribution in [3.05, 3.63) is 52.5 Å². The summed E-state index contributed by atoms with van der Waals surface area (Å²) in [7, 11) is 0. The second kappa shape index (κ2) is 14.4. The lowest BCUT2D eigenvalue weighted by Gasteiger charge is -2.34. The van der Waals surface area contributed by atoms with E-state index in [1.807, 2.05) is 25.7 Å². The molecule has 1 saturated heterocycles. The number of rotatable bonds is 12. The first-order chi connectivity index (χ1) is 20.9. The SMILES string of the molecule is CCC(C)N(CC)Cc1sc(NC(=O)c2cnc(N3CCN(CCC(=O)O)CC3)cn2)nc1-c1cc(F)cc(C(F)(F)F)c1. The van der Waals surface area contributed by atoms with Crippen molar-refractivity contribution in [2.75, 3.05) is 49.5 Å². The van der Waals surface area contributed by atoms with E-state index in [4.69, 9.17) is 5.11 Å². The number of thiazole rings is 1. The van der Waals surface area contributed by atoms with Crippen molar-refractivity contribution < 1.29 is 32.3 Å². The Hall–Kier alpha value is -3.69. The van der Waals surface area contributed by atoms with E-state index in [2.05, 4.69) is 30.1 Å². The smallest absolute Gasteiger partial charge is 0.416 e. The highest BCUT2D eigenvalue weighted by molar-refractivity contribution is 7.16. The summed E-state index contributed by atoms with van der Waals surface area (Å²) in [6.45, 7) is 10.2.